The molecule has 4 fully saturated rings. The Kier molecular flexibility index (Phi) is 6.73. The predicted octanol–water partition coefficient (Wildman–Crippen LogP) is 4.72. The van der Waals surface area contributed by atoms with Crippen molar-refractivity contribution in [1.29, 1.82) is 0 Å². The van der Waals surface area contributed by atoms with Gasteiger partial charge in [-0.15, -0.1) is 0 Å². The second-order valence-electron chi connectivity index (χ2n) is 7.62. The molecule has 4 unspecified atom stereocenters. The van der Waals surface area contributed by atoms with E-state index in [1.807, 2.05) is 6.79 Å². The summed E-state index contributed by atoms with van der Waals surface area (Å²) in [5.74, 6) is 7.07. The van der Waals surface area contributed by atoms with E-state index < -0.39 is 0 Å². The third kappa shape index (κ3) is 3.52. The molecule has 0 saturated heterocycles. The maximum absolute atomic E-state index is 8.00. The minimum atomic E-state index is 1.17. The first-order chi connectivity index (χ1) is 10.3. The lowest BCUT2D eigenvalue weighted by molar-refractivity contribution is -0.0979. The van der Waals surface area contributed by atoms with Gasteiger partial charge in [0.05, 0.1) is 0 Å². The SMILES string of the molecule is C1CC2CCC3CCCC4CCC(C1)C2C34.C=O.COC. The van der Waals surface area contributed by atoms with Gasteiger partial charge in [-0.3, -0.25) is 0 Å². The molecule has 4 aliphatic carbocycles. The van der Waals surface area contributed by atoms with Crippen molar-refractivity contribution in [2.24, 2.45) is 35.5 Å². The quantitative estimate of drug-likeness (QED) is 0.646. The van der Waals surface area contributed by atoms with Crippen molar-refractivity contribution >= 4 is 6.79 Å². The van der Waals surface area contributed by atoms with Gasteiger partial charge in [-0.1, -0.05) is 38.5 Å². The minimum Gasteiger partial charge on any atom is -0.388 e. The molecule has 0 aromatic heterocycles. The summed E-state index contributed by atoms with van der Waals surface area (Å²) in [6.45, 7) is 2.00. The van der Waals surface area contributed by atoms with Gasteiger partial charge in [-0.05, 0) is 61.2 Å². The summed E-state index contributed by atoms with van der Waals surface area (Å²) in [5, 5.41) is 0. The van der Waals surface area contributed by atoms with Gasteiger partial charge in [-0.25, -0.2) is 0 Å². The summed E-state index contributed by atoms with van der Waals surface area (Å²) < 4.78 is 4.25. The molecule has 0 amide bonds. The van der Waals surface area contributed by atoms with Gasteiger partial charge in [0.2, 0.25) is 0 Å². The van der Waals surface area contributed by atoms with Crippen molar-refractivity contribution in [3.05, 3.63) is 0 Å². The van der Waals surface area contributed by atoms with E-state index in [4.69, 9.17) is 4.79 Å². The lowest BCUT2D eigenvalue weighted by Crippen LogP contribution is -2.49. The molecule has 4 saturated carbocycles. The van der Waals surface area contributed by atoms with Gasteiger partial charge in [0.25, 0.3) is 0 Å². The Morgan fingerprint density at radius 1 is 0.619 bits per heavy atom. The molecule has 2 nitrogen and oxygen atoms in total. The van der Waals surface area contributed by atoms with Crippen LogP contribution >= 0.6 is 0 Å². The number of hydrogen-bond donors (Lipinski definition) is 0. The zero-order valence-electron chi connectivity index (χ0n) is 14.1. The van der Waals surface area contributed by atoms with Crippen LogP contribution in [0, 0.1) is 35.5 Å². The zero-order chi connectivity index (χ0) is 15.2. The lowest BCUT2D eigenvalue weighted by atomic mass is 9.48. The zero-order valence-corrected chi connectivity index (χ0v) is 14.1. The van der Waals surface area contributed by atoms with Crippen LogP contribution in [0.3, 0.4) is 0 Å². The molecule has 0 spiro atoms. The summed E-state index contributed by atoms with van der Waals surface area (Å²) in [6.07, 6.45) is 15.9. The van der Waals surface area contributed by atoms with E-state index in [2.05, 4.69) is 4.74 Å². The summed E-state index contributed by atoms with van der Waals surface area (Å²) in [5.41, 5.74) is 0. The second kappa shape index (κ2) is 8.31. The third-order valence-electron chi connectivity index (χ3n) is 6.74. The van der Waals surface area contributed by atoms with Crippen LogP contribution in [-0.4, -0.2) is 21.0 Å². The van der Waals surface area contributed by atoms with Crippen LogP contribution in [0.2, 0.25) is 0 Å². The first kappa shape index (κ1) is 17.0. The third-order valence-corrected chi connectivity index (χ3v) is 6.74. The average molecular weight is 294 g/mol. The van der Waals surface area contributed by atoms with Crippen LogP contribution in [-0.2, 0) is 9.53 Å². The number of carbonyl (C=O) groups excluding carboxylic acids is 1. The highest BCUT2D eigenvalue weighted by molar-refractivity contribution is 5.11. The molecule has 4 atom stereocenters. The molecule has 0 radical (unpaired) electrons. The summed E-state index contributed by atoms with van der Waals surface area (Å²) in [4.78, 5) is 8.00. The molecule has 0 N–H and O–H groups in total. The molecule has 0 heterocycles. The Hall–Kier alpha value is -0.370. The Labute approximate surface area is 131 Å². The van der Waals surface area contributed by atoms with Crippen LogP contribution < -0.4 is 0 Å². The van der Waals surface area contributed by atoms with E-state index in [0.717, 1.165) is 0 Å². The number of ether oxygens (including phenoxy) is 1. The van der Waals surface area contributed by atoms with E-state index in [9.17, 15) is 0 Å². The van der Waals surface area contributed by atoms with Crippen molar-refractivity contribution in [3.8, 4) is 0 Å². The monoisotopic (exact) mass is 294 g/mol. The first-order valence-corrected chi connectivity index (χ1v) is 9.04. The molecule has 122 valence electrons. The largest absolute Gasteiger partial charge is 0.388 e. The van der Waals surface area contributed by atoms with Gasteiger partial charge < -0.3 is 9.53 Å². The standard InChI is InChI=1S/C16H26.C2H6O.CH2O/c1-3-11-7-9-13-5-2-6-14-10-8-12(4-1)15(11)16(13)14;1-3-2;1-2/h11-16H,1-10H2;1-2H3;1H2. The fraction of sp³-hybridized carbons (Fsp3) is 0.947. The van der Waals surface area contributed by atoms with E-state index in [-0.39, 0.29) is 0 Å². The molecule has 0 aromatic carbocycles. The molecule has 4 aliphatic rings. The van der Waals surface area contributed by atoms with E-state index in [1.54, 1.807) is 78.4 Å². The normalized spacial score (nSPS) is 43.3. The highest BCUT2D eigenvalue weighted by Gasteiger charge is 2.50. The topological polar surface area (TPSA) is 26.3 Å². The first-order valence-electron chi connectivity index (χ1n) is 9.04. The Balaban J connectivity index is 0.000000291. The van der Waals surface area contributed by atoms with E-state index in [1.165, 1.54) is 35.5 Å². The number of carbonyl (C=O) groups is 1. The van der Waals surface area contributed by atoms with Crippen molar-refractivity contribution in [2.75, 3.05) is 14.2 Å². The van der Waals surface area contributed by atoms with Crippen LogP contribution in [0.5, 0.6) is 0 Å². The van der Waals surface area contributed by atoms with Crippen molar-refractivity contribution in [3.63, 3.8) is 0 Å². The number of rotatable bonds is 0. The van der Waals surface area contributed by atoms with Gasteiger partial charge in [-0.2, -0.15) is 0 Å². The maximum atomic E-state index is 8.00. The van der Waals surface area contributed by atoms with E-state index in [0.29, 0.717) is 0 Å². The van der Waals surface area contributed by atoms with Crippen molar-refractivity contribution in [1.82, 2.24) is 0 Å². The molecule has 2 heteroatoms. The lowest BCUT2D eigenvalue weighted by Gasteiger charge is -2.57. The molecule has 4 rings (SSSR count). The van der Waals surface area contributed by atoms with Gasteiger partial charge in [0.1, 0.15) is 6.79 Å². The molecular formula is C19H34O2. The number of hydrogen-bond acceptors (Lipinski definition) is 2. The van der Waals surface area contributed by atoms with Gasteiger partial charge in [0, 0.05) is 14.2 Å². The summed E-state index contributed by atoms with van der Waals surface area (Å²) >= 11 is 0. The second-order valence-corrected chi connectivity index (χ2v) is 7.62. The van der Waals surface area contributed by atoms with Crippen LogP contribution in [0.1, 0.15) is 64.2 Å². The fourth-order valence-electron chi connectivity index (χ4n) is 6.28. The fourth-order valence-corrected chi connectivity index (χ4v) is 6.28. The van der Waals surface area contributed by atoms with Gasteiger partial charge >= 0.3 is 0 Å². The highest BCUT2D eigenvalue weighted by Crippen LogP contribution is 2.59. The Morgan fingerprint density at radius 3 is 1.10 bits per heavy atom. The minimum absolute atomic E-state index is 1.17. The smallest absolute Gasteiger partial charge is 0.106 e. The predicted molar refractivity (Wildman–Crippen MR) is 87.2 cm³/mol. The Bertz CT molecular complexity index is 252. The molecule has 0 aliphatic heterocycles. The maximum Gasteiger partial charge on any atom is 0.106 e. The highest BCUT2D eigenvalue weighted by atomic mass is 16.4. The van der Waals surface area contributed by atoms with Gasteiger partial charge in [0.15, 0.2) is 0 Å². The summed E-state index contributed by atoms with van der Waals surface area (Å²) in [6, 6.07) is 0. The molecule has 0 aromatic rings. The van der Waals surface area contributed by atoms with Crippen LogP contribution in [0.25, 0.3) is 0 Å². The van der Waals surface area contributed by atoms with Crippen LogP contribution in [0.15, 0.2) is 0 Å². The average Bonchev–Trinajstić information content (AvgIpc) is 2.55. The van der Waals surface area contributed by atoms with Crippen molar-refractivity contribution < 1.29 is 9.53 Å². The molecular weight excluding hydrogens is 260 g/mol. The summed E-state index contributed by atoms with van der Waals surface area (Å²) in [7, 11) is 3.25. The van der Waals surface area contributed by atoms with Crippen molar-refractivity contribution in [2.45, 2.75) is 64.2 Å². The molecule has 21 heavy (non-hydrogen) atoms. The molecule has 0 bridgehead atoms. The van der Waals surface area contributed by atoms with E-state index >= 15 is 0 Å². The Morgan fingerprint density at radius 2 is 0.857 bits per heavy atom. The number of methoxy groups -OCH3 is 1. The van der Waals surface area contributed by atoms with Crippen LogP contribution in [0.4, 0.5) is 0 Å².